The molecule has 3 aromatic heterocycles. The summed E-state index contributed by atoms with van der Waals surface area (Å²) >= 11 is 3.67. The molecule has 0 atom stereocenters. The molecule has 0 unspecified atom stereocenters. The number of aromatic nitrogens is 5. The van der Waals surface area contributed by atoms with Crippen molar-refractivity contribution in [3.63, 3.8) is 0 Å². The van der Waals surface area contributed by atoms with Crippen LogP contribution in [0.25, 0.3) is 0 Å². The Morgan fingerprint density at radius 1 is 1.15 bits per heavy atom. The maximum atomic E-state index is 13.2. The van der Waals surface area contributed by atoms with E-state index in [4.69, 9.17) is 9.47 Å². The van der Waals surface area contributed by atoms with Gasteiger partial charge in [0.2, 0.25) is 0 Å². The number of pyridine rings is 1. The van der Waals surface area contributed by atoms with Crippen LogP contribution in [0.15, 0.2) is 68.9 Å². The predicted molar refractivity (Wildman–Crippen MR) is 128 cm³/mol. The van der Waals surface area contributed by atoms with Crippen molar-refractivity contribution in [2.45, 2.75) is 26.9 Å². The molecular formula is C21H18N6O4S3. The first kappa shape index (κ1) is 23.7. The molecule has 0 aliphatic carbocycles. The topological polar surface area (TPSA) is 132 Å². The second kappa shape index (κ2) is 11.1. The van der Waals surface area contributed by atoms with Gasteiger partial charge in [0.1, 0.15) is 27.7 Å². The van der Waals surface area contributed by atoms with Crippen molar-refractivity contribution in [2.24, 2.45) is 0 Å². The maximum absolute atomic E-state index is 13.2. The third kappa shape index (κ3) is 5.92. The van der Waals surface area contributed by atoms with Crippen LogP contribution in [0.1, 0.15) is 27.1 Å². The van der Waals surface area contributed by atoms with Gasteiger partial charge in [-0.05, 0) is 55.1 Å². The van der Waals surface area contributed by atoms with Crippen molar-refractivity contribution in [3.8, 4) is 5.75 Å². The smallest absolute Gasteiger partial charge is 0.350 e. The number of nitrogens with zero attached hydrogens (tertiary/aromatic N) is 4. The molecule has 0 spiro atoms. The van der Waals surface area contributed by atoms with Gasteiger partial charge >= 0.3 is 5.97 Å². The van der Waals surface area contributed by atoms with Crippen LogP contribution in [0.3, 0.4) is 0 Å². The van der Waals surface area contributed by atoms with E-state index in [0.29, 0.717) is 20.0 Å². The highest BCUT2D eigenvalue weighted by atomic mass is 32.2. The molecule has 10 nitrogen and oxygen atoms in total. The molecule has 1 aromatic carbocycles. The monoisotopic (exact) mass is 514 g/mol. The van der Waals surface area contributed by atoms with Crippen LogP contribution in [0, 0.1) is 0 Å². The summed E-state index contributed by atoms with van der Waals surface area (Å²) in [7, 11) is 1.60. The summed E-state index contributed by atoms with van der Waals surface area (Å²) in [4.78, 5) is 38.5. The molecule has 0 fully saturated rings. The Hall–Kier alpha value is -3.42. The van der Waals surface area contributed by atoms with Gasteiger partial charge in [-0.15, -0.1) is 10.2 Å². The standard InChI is InChI=1S/C21H18N6O4S3/c1-3-31-19(29)15-10-22-20(33-15)26-18(28)17-14(32-13-6-4-12(30-2)5-7-13)8-9-16(25-17)34-21-23-11-24-27-21/h4-11H,3H2,1-2H3,(H,22,26,28)(H,23,24,27). The Bertz CT molecular complexity index is 1280. The van der Waals surface area contributed by atoms with Crippen LogP contribution >= 0.6 is 34.9 Å². The lowest BCUT2D eigenvalue weighted by Crippen LogP contribution is -2.15. The third-order valence-corrected chi connectivity index (χ3v) is 6.91. The van der Waals surface area contributed by atoms with Gasteiger partial charge in [0, 0.05) is 9.79 Å². The number of aromatic amines is 1. The van der Waals surface area contributed by atoms with Crippen molar-refractivity contribution >= 4 is 51.9 Å². The van der Waals surface area contributed by atoms with Crippen LogP contribution in [0.4, 0.5) is 5.13 Å². The van der Waals surface area contributed by atoms with E-state index in [1.807, 2.05) is 30.3 Å². The predicted octanol–water partition coefficient (Wildman–Crippen LogP) is 4.40. The summed E-state index contributed by atoms with van der Waals surface area (Å²) in [5.74, 6) is -0.207. The number of ether oxygens (including phenoxy) is 2. The second-order valence-electron chi connectivity index (χ2n) is 6.37. The van der Waals surface area contributed by atoms with Crippen LogP contribution in [0.5, 0.6) is 5.75 Å². The molecule has 2 N–H and O–H groups in total. The number of anilines is 1. The fourth-order valence-corrected chi connectivity index (χ4v) is 4.90. The number of esters is 1. The molecule has 34 heavy (non-hydrogen) atoms. The Morgan fingerprint density at radius 2 is 1.97 bits per heavy atom. The number of amides is 1. The zero-order valence-electron chi connectivity index (χ0n) is 18.0. The highest BCUT2D eigenvalue weighted by molar-refractivity contribution is 7.99. The van der Waals surface area contributed by atoms with Gasteiger partial charge in [0.15, 0.2) is 10.3 Å². The maximum Gasteiger partial charge on any atom is 0.350 e. The van der Waals surface area contributed by atoms with E-state index in [1.54, 1.807) is 20.1 Å². The number of hydrogen-bond donors (Lipinski definition) is 2. The molecular weight excluding hydrogens is 496 g/mol. The Labute approximate surface area is 206 Å². The molecule has 0 radical (unpaired) electrons. The SMILES string of the molecule is CCOC(=O)c1cnc(NC(=O)c2nc(Sc3nnc[nH]3)ccc2Sc2ccc(OC)cc2)s1. The van der Waals surface area contributed by atoms with Crippen molar-refractivity contribution in [2.75, 3.05) is 19.0 Å². The number of rotatable bonds is 9. The molecule has 0 saturated heterocycles. The molecule has 0 aliphatic rings. The number of thiazole rings is 1. The quantitative estimate of drug-likeness (QED) is 0.310. The zero-order valence-corrected chi connectivity index (χ0v) is 20.4. The van der Waals surface area contributed by atoms with Gasteiger partial charge in [-0.3, -0.25) is 10.1 Å². The molecule has 13 heteroatoms. The summed E-state index contributed by atoms with van der Waals surface area (Å²) in [6, 6.07) is 11.1. The van der Waals surface area contributed by atoms with E-state index in [9.17, 15) is 9.59 Å². The average Bonchev–Trinajstić information content (AvgIpc) is 3.53. The number of H-pyrrole nitrogens is 1. The minimum atomic E-state index is -0.486. The first-order chi connectivity index (χ1) is 16.6. The van der Waals surface area contributed by atoms with Crippen LogP contribution in [-0.2, 0) is 4.74 Å². The number of benzene rings is 1. The van der Waals surface area contributed by atoms with Crippen LogP contribution in [0.2, 0.25) is 0 Å². The minimum absolute atomic E-state index is 0.207. The van der Waals surface area contributed by atoms with E-state index < -0.39 is 11.9 Å². The average molecular weight is 515 g/mol. The van der Waals surface area contributed by atoms with Crippen LogP contribution < -0.4 is 10.1 Å². The van der Waals surface area contributed by atoms with E-state index in [-0.39, 0.29) is 17.4 Å². The van der Waals surface area contributed by atoms with Gasteiger partial charge in [0.05, 0.1) is 19.9 Å². The fraction of sp³-hybridized carbons (Fsp3) is 0.143. The van der Waals surface area contributed by atoms with Gasteiger partial charge in [-0.1, -0.05) is 23.1 Å². The summed E-state index contributed by atoms with van der Waals surface area (Å²) in [6.07, 6.45) is 2.84. The van der Waals surface area contributed by atoms with Crippen molar-refractivity contribution in [1.29, 1.82) is 0 Å². The van der Waals surface area contributed by atoms with Crippen molar-refractivity contribution in [3.05, 3.63) is 59.5 Å². The summed E-state index contributed by atoms with van der Waals surface area (Å²) in [5, 5.41) is 11.8. The highest BCUT2D eigenvalue weighted by Gasteiger charge is 2.19. The summed E-state index contributed by atoms with van der Waals surface area (Å²) in [5.41, 5.74) is 0.207. The molecule has 3 heterocycles. The Kier molecular flexibility index (Phi) is 7.77. The lowest BCUT2D eigenvalue weighted by molar-refractivity contribution is 0.0531. The van der Waals surface area contributed by atoms with E-state index in [2.05, 4.69) is 30.5 Å². The first-order valence-electron chi connectivity index (χ1n) is 9.87. The molecule has 0 saturated carbocycles. The Balaban J connectivity index is 1.59. The third-order valence-electron chi connectivity index (χ3n) is 4.13. The van der Waals surface area contributed by atoms with E-state index in [0.717, 1.165) is 22.0 Å². The van der Waals surface area contributed by atoms with Gasteiger partial charge in [0.25, 0.3) is 5.91 Å². The summed E-state index contributed by atoms with van der Waals surface area (Å²) in [6.45, 7) is 1.98. The van der Waals surface area contributed by atoms with Gasteiger partial charge < -0.3 is 14.5 Å². The van der Waals surface area contributed by atoms with Crippen molar-refractivity contribution < 1.29 is 19.1 Å². The van der Waals surface area contributed by atoms with Gasteiger partial charge in [-0.2, -0.15) is 0 Å². The fourth-order valence-electron chi connectivity index (χ4n) is 2.63. The zero-order chi connectivity index (χ0) is 23.9. The van der Waals surface area contributed by atoms with E-state index in [1.165, 1.54) is 36.0 Å². The van der Waals surface area contributed by atoms with Crippen molar-refractivity contribution in [1.82, 2.24) is 25.1 Å². The lowest BCUT2D eigenvalue weighted by atomic mass is 10.3. The van der Waals surface area contributed by atoms with Gasteiger partial charge in [-0.25, -0.2) is 14.8 Å². The normalized spacial score (nSPS) is 10.6. The second-order valence-corrected chi connectivity index (χ2v) is 9.53. The minimum Gasteiger partial charge on any atom is -0.497 e. The number of methoxy groups -OCH3 is 1. The number of hydrogen-bond acceptors (Lipinski definition) is 11. The lowest BCUT2D eigenvalue weighted by Gasteiger charge is -2.10. The molecule has 4 aromatic rings. The van der Waals surface area contributed by atoms with Crippen LogP contribution in [-0.4, -0.2) is 50.7 Å². The number of nitrogens with one attached hydrogen (secondary N) is 2. The molecule has 4 rings (SSSR count). The molecule has 0 bridgehead atoms. The highest BCUT2D eigenvalue weighted by Crippen LogP contribution is 2.34. The number of carbonyl (C=O) groups excluding carboxylic acids is 2. The Morgan fingerprint density at radius 3 is 2.68 bits per heavy atom. The largest absolute Gasteiger partial charge is 0.497 e. The van der Waals surface area contributed by atoms with E-state index >= 15 is 0 Å². The molecule has 174 valence electrons. The molecule has 0 aliphatic heterocycles. The first-order valence-corrected chi connectivity index (χ1v) is 12.3. The number of carbonyl (C=O) groups is 2. The summed E-state index contributed by atoms with van der Waals surface area (Å²) < 4.78 is 10.2. The molecule has 1 amide bonds.